The molecule has 1 saturated heterocycles. The Morgan fingerprint density at radius 2 is 2.00 bits per heavy atom. The number of nitrogens with zero attached hydrogens (tertiary/aromatic N) is 3. The van der Waals surface area contributed by atoms with Crippen LogP contribution in [-0.4, -0.2) is 66.5 Å². The molecule has 14 heteroatoms. The molecule has 130 valence electrons. The number of nitrogens with two attached hydrogens (primary N) is 1. The molecule has 0 spiro atoms. The van der Waals surface area contributed by atoms with Gasteiger partial charge in [-0.1, -0.05) is 34.8 Å². The van der Waals surface area contributed by atoms with Crippen molar-refractivity contribution in [3.63, 3.8) is 0 Å². The van der Waals surface area contributed by atoms with Crippen LogP contribution in [0.3, 0.4) is 0 Å². The van der Waals surface area contributed by atoms with Gasteiger partial charge in [-0.05, 0) is 0 Å². The number of halogens is 3. The van der Waals surface area contributed by atoms with Crippen LogP contribution in [0.4, 0.5) is 0 Å². The predicted molar refractivity (Wildman–Crippen MR) is 78.5 cm³/mol. The van der Waals surface area contributed by atoms with E-state index in [1.807, 2.05) is 0 Å². The molecule has 4 atom stereocenters. The highest BCUT2D eigenvalue weighted by Crippen LogP contribution is 2.37. The molecule has 0 aliphatic carbocycles. The zero-order valence-corrected chi connectivity index (χ0v) is 14.2. The number of aromatic nitrogens is 3. The third-order valence-electron chi connectivity index (χ3n) is 3.06. The van der Waals surface area contributed by atoms with E-state index in [0.717, 1.165) is 11.0 Å². The Balaban J connectivity index is 2.19. The number of primary amides is 1. The predicted octanol–water partition coefficient (Wildman–Crippen LogP) is -1.26. The van der Waals surface area contributed by atoms with Crippen molar-refractivity contribution in [2.75, 3.05) is 5.75 Å². The van der Waals surface area contributed by atoms with Crippen molar-refractivity contribution < 1.29 is 28.2 Å². The number of carbonyl (C=O) groups excluding carboxylic acids is 1. The topological polar surface area (TPSA) is 158 Å². The van der Waals surface area contributed by atoms with Crippen LogP contribution in [0.1, 0.15) is 16.8 Å². The van der Waals surface area contributed by atoms with E-state index in [4.69, 9.17) is 45.3 Å². The van der Waals surface area contributed by atoms with Gasteiger partial charge in [0.15, 0.2) is 6.23 Å². The zero-order valence-electron chi connectivity index (χ0n) is 11.1. The van der Waals surface area contributed by atoms with Gasteiger partial charge in [0, 0.05) is 0 Å². The molecule has 1 aromatic heterocycles. The summed E-state index contributed by atoms with van der Waals surface area (Å²) in [5.74, 6) is -2.10. The smallest absolute Gasteiger partial charge is 0.292 e. The molecular formula is C9H11Cl3N4O6S. The Hall–Kier alpha value is -0.690. The molecule has 0 saturated carbocycles. The maximum absolute atomic E-state index is 11.8. The van der Waals surface area contributed by atoms with Crippen molar-refractivity contribution in [1.29, 1.82) is 0 Å². The molecule has 1 amide bonds. The number of carbonyl (C=O) groups is 1. The van der Waals surface area contributed by atoms with Gasteiger partial charge in [-0.15, -0.1) is 5.10 Å². The monoisotopic (exact) mass is 408 g/mol. The van der Waals surface area contributed by atoms with Crippen LogP contribution in [0.2, 0.25) is 0 Å². The molecular weight excluding hydrogens is 399 g/mol. The Morgan fingerprint density at radius 1 is 1.39 bits per heavy atom. The van der Waals surface area contributed by atoms with Gasteiger partial charge >= 0.3 is 0 Å². The summed E-state index contributed by atoms with van der Waals surface area (Å²) in [6.07, 6.45) is -4.78. The lowest BCUT2D eigenvalue weighted by molar-refractivity contribution is -0.0392. The minimum absolute atomic E-state index is 0.340. The lowest BCUT2D eigenvalue weighted by Gasteiger charge is -2.18. The summed E-state index contributed by atoms with van der Waals surface area (Å²) in [5, 5.41) is 23.5. The van der Waals surface area contributed by atoms with Gasteiger partial charge in [-0.2, -0.15) is 0 Å². The number of aliphatic hydroxyl groups is 2. The Morgan fingerprint density at radius 3 is 2.48 bits per heavy atom. The molecule has 1 aromatic rings. The number of sulfone groups is 1. The highest BCUT2D eigenvalue weighted by atomic mass is 35.6. The summed E-state index contributed by atoms with van der Waals surface area (Å²) in [5.41, 5.74) is 4.99. The molecule has 1 aliphatic heterocycles. The lowest BCUT2D eigenvalue weighted by atomic mass is 10.1. The molecule has 1 aliphatic rings. The number of ether oxygens (including phenoxy) is 1. The van der Waals surface area contributed by atoms with E-state index in [1.165, 1.54) is 0 Å². The van der Waals surface area contributed by atoms with Crippen LogP contribution < -0.4 is 5.73 Å². The molecule has 4 N–H and O–H groups in total. The van der Waals surface area contributed by atoms with Crippen LogP contribution >= 0.6 is 34.8 Å². The van der Waals surface area contributed by atoms with Gasteiger partial charge in [0.2, 0.25) is 15.7 Å². The highest BCUT2D eigenvalue weighted by molar-refractivity contribution is 7.97. The first-order chi connectivity index (χ1) is 10.4. The number of amides is 1. The first kappa shape index (κ1) is 18.6. The maximum Gasteiger partial charge on any atom is 0.292 e. The number of alkyl halides is 3. The van der Waals surface area contributed by atoms with Gasteiger partial charge in [-0.25, -0.2) is 18.1 Å². The summed E-state index contributed by atoms with van der Waals surface area (Å²) >= 11 is 16.0. The van der Waals surface area contributed by atoms with Gasteiger partial charge in [0.05, 0.1) is 5.75 Å². The van der Waals surface area contributed by atoms with Crippen molar-refractivity contribution in [3.05, 3.63) is 12.2 Å². The fourth-order valence-electron chi connectivity index (χ4n) is 1.91. The van der Waals surface area contributed by atoms with Crippen LogP contribution in [0.25, 0.3) is 0 Å². The van der Waals surface area contributed by atoms with Crippen molar-refractivity contribution in [2.45, 2.75) is 27.7 Å². The fraction of sp³-hybridized carbons (Fsp3) is 0.667. The standard InChI is InChI=1S/C9H11Cl3N4O6S/c10-9(11,12)23(20,21)1-3-4(17)5(18)8(22-3)16-2-14-7(15-16)6(13)19/h2-5,8,17-18H,1H2,(H2,13,19)/t3-,4-,5-,8-/m1/s1. The number of aliphatic hydroxyl groups excluding tert-OH is 2. The van der Waals surface area contributed by atoms with E-state index >= 15 is 0 Å². The van der Waals surface area contributed by atoms with Crippen LogP contribution in [0.15, 0.2) is 6.33 Å². The minimum Gasteiger partial charge on any atom is -0.387 e. The van der Waals surface area contributed by atoms with Crippen LogP contribution in [-0.2, 0) is 14.6 Å². The average molecular weight is 410 g/mol. The second-order valence-corrected chi connectivity index (χ2v) is 9.81. The third-order valence-corrected chi connectivity index (χ3v) is 6.65. The molecule has 23 heavy (non-hydrogen) atoms. The number of rotatable bonds is 4. The first-order valence-electron chi connectivity index (χ1n) is 5.95. The Kier molecular flexibility index (Phi) is 5.12. The second-order valence-electron chi connectivity index (χ2n) is 4.69. The summed E-state index contributed by atoms with van der Waals surface area (Å²) in [7, 11) is -4.27. The third kappa shape index (κ3) is 3.71. The van der Waals surface area contributed by atoms with Crippen molar-refractivity contribution >= 4 is 50.5 Å². The van der Waals surface area contributed by atoms with Crippen molar-refractivity contribution in [1.82, 2.24) is 14.8 Å². The SMILES string of the molecule is NC(=O)c1ncn([C@@H]2O[C@H](CS(=O)(=O)C(Cl)(Cl)Cl)[C@@H](O)[C@H]2O)n1. The summed E-state index contributed by atoms with van der Waals surface area (Å²) in [6, 6.07) is 0. The van der Waals surface area contributed by atoms with E-state index in [1.54, 1.807) is 0 Å². The highest BCUT2D eigenvalue weighted by Gasteiger charge is 2.49. The van der Waals surface area contributed by atoms with Crippen molar-refractivity contribution in [2.24, 2.45) is 5.73 Å². The van der Waals surface area contributed by atoms with E-state index in [2.05, 4.69) is 10.1 Å². The molecule has 0 radical (unpaired) electrons. The van der Waals surface area contributed by atoms with E-state index in [-0.39, 0.29) is 5.82 Å². The summed E-state index contributed by atoms with van der Waals surface area (Å²) in [6.45, 7) is 0. The first-order valence-corrected chi connectivity index (χ1v) is 8.74. The van der Waals surface area contributed by atoms with Gasteiger partial charge in [0.25, 0.3) is 9.03 Å². The molecule has 0 unspecified atom stereocenters. The second kappa shape index (κ2) is 6.31. The maximum atomic E-state index is 11.8. The summed E-state index contributed by atoms with van der Waals surface area (Å²) < 4.78 is 27.2. The minimum atomic E-state index is -4.27. The van der Waals surface area contributed by atoms with Crippen molar-refractivity contribution in [3.8, 4) is 0 Å². The molecule has 0 bridgehead atoms. The molecule has 2 rings (SSSR count). The van der Waals surface area contributed by atoms with Gasteiger partial charge in [0.1, 0.15) is 24.6 Å². The fourth-order valence-corrected chi connectivity index (χ4v) is 3.37. The molecule has 0 aromatic carbocycles. The lowest BCUT2D eigenvalue weighted by Crippen LogP contribution is -2.38. The van der Waals surface area contributed by atoms with Gasteiger partial charge in [-0.3, -0.25) is 4.79 Å². The molecule has 10 nitrogen and oxygen atoms in total. The largest absolute Gasteiger partial charge is 0.387 e. The van der Waals surface area contributed by atoms with Crippen LogP contribution in [0.5, 0.6) is 0 Å². The number of hydrogen-bond acceptors (Lipinski definition) is 8. The normalized spacial score (nSPS) is 28.9. The Labute approximate surface area is 145 Å². The van der Waals surface area contributed by atoms with E-state index in [9.17, 15) is 23.4 Å². The molecule has 1 fully saturated rings. The Bertz CT molecular complexity index is 704. The van der Waals surface area contributed by atoms with E-state index in [0.29, 0.717) is 0 Å². The zero-order chi connectivity index (χ0) is 17.6. The number of hydrogen-bond donors (Lipinski definition) is 3. The quantitative estimate of drug-likeness (QED) is 0.520. The summed E-state index contributed by atoms with van der Waals surface area (Å²) in [4.78, 5) is 14.5. The average Bonchev–Trinajstić information content (AvgIpc) is 2.98. The van der Waals surface area contributed by atoms with Crippen LogP contribution in [0, 0.1) is 0 Å². The van der Waals surface area contributed by atoms with Gasteiger partial charge < -0.3 is 20.7 Å². The molecule has 2 heterocycles. The van der Waals surface area contributed by atoms with E-state index < -0.39 is 49.2 Å².